The zero-order chi connectivity index (χ0) is 21.1. The zero-order valence-corrected chi connectivity index (χ0v) is 18.9. The van der Waals surface area contributed by atoms with Crippen LogP contribution in [0.3, 0.4) is 0 Å². The molecule has 0 aliphatic rings. The second-order valence-electron chi connectivity index (χ2n) is 8.77. The van der Waals surface area contributed by atoms with Crippen molar-refractivity contribution in [2.45, 2.75) is 66.3 Å². The third-order valence-corrected chi connectivity index (χ3v) is 5.67. The first-order valence-electron chi connectivity index (χ1n) is 10.7. The van der Waals surface area contributed by atoms with Crippen LogP contribution >= 0.6 is 0 Å². The highest BCUT2D eigenvalue weighted by molar-refractivity contribution is 5.63. The van der Waals surface area contributed by atoms with Crippen molar-refractivity contribution in [2.24, 2.45) is 0 Å². The van der Waals surface area contributed by atoms with Gasteiger partial charge in [-0.3, -0.25) is 4.98 Å². The van der Waals surface area contributed by atoms with Gasteiger partial charge in [-0.2, -0.15) is 0 Å². The molecule has 2 nitrogen and oxygen atoms in total. The van der Waals surface area contributed by atoms with Gasteiger partial charge in [-0.1, -0.05) is 69.7 Å². The lowest BCUT2D eigenvalue weighted by atomic mass is 9.89. The molecule has 1 atom stereocenters. The molecule has 0 saturated carbocycles. The number of hydrogen-bond donors (Lipinski definition) is 1. The summed E-state index contributed by atoms with van der Waals surface area (Å²) in [6.45, 7) is 15.7. The Morgan fingerprint density at radius 2 is 1.34 bits per heavy atom. The van der Waals surface area contributed by atoms with E-state index in [-0.39, 0.29) is 6.04 Å². The van der Waals surface area contributed by atoms with Crippen molar-refractivity contribution in [3.8, 4) is 0 Å². The van der Waals surface area contributed by atoms with Crippen molar-refractivity contribution in [3.63, 3.8) is 0 Å². The molecule has 2 aromatic carbocycles. The van der Waals surface area contributed by atoms with Crippen LogP contribution in [0.5, 0.6) is 0 Å². The van der Waals surface area contributed by atoms with Gasteiger partial charge in [-0.05, 0) is 72.6 Å². The normalized spacial score (nSPS) is 12.4. The molecule has 152 valence electrons. The van der Waals surface area contributed by atoms with Gasteiger partial charge < -0.3 is 5.32 Å². The Labute approximate surface area is 176 Å². The Morgan fingerprint density at radius 3 is 1.83 bits per heavy atom. The second-order valence-corrected chi connectivity index (χ2v) is 8.77. The topological polar surface area (TPSA) is 24.9 Å². The highest BCUT2D eigenvalue weighted by atomic mass is 15.0. The van der Waals surface area contributed by atoms with Gasteiger partial charge in [0.2, 0.25) is 0 Å². The highest BCUT2D eigenvalue weighted by Gasteiger charge is 2.23. The van der Waals surface area contributed by atoms with Gasteiger partial charge in [0, 0.05) is 11.9 Å². The summed E-state index contributed by atoms with van der Waals surface area (Å²) < 4.78 is 0. The first-order chi connectivity index (χ1) is 13.8. The maximum Gasteiger partial charge on any atom is 0.0945 e. The summed E-state index contributed by atoms with van der Waals surface area (Å²) in [6, 6.07) is 17.4. The van der Waals surface area contributed by atoms with Crippen LogP contribution in [0, 0.1) is 20.8 Å². The molecule has 0 fully saturated rings. The number of pyridine rings is 1. The first-order valence-corrected chi connectivity index (χ1v) is 10.7. The van der Waals surface area contributed by atoms with E-state index in [1.807, 2.05) is 12.3 Å². The van der Waals surface area contributed by atoms with Crippen molar-refractivity contribution >= 4 is 5.69 Å². The number of rotatable bonds is 6. The van der Waals surface area contributed by atoms with E-state index in [9.17, 15) is 0 Å². The molecule has 1 heterocycles. The van der Waals surface area contributed by atoms with Crippen LogP contribution in [0.25, 0.3) is 0 Å². The van der Waals surface area contributed by atoms with Crippen LogP contribution in [0.2, 0.25) is 0 Å². The number of nitrogens with zero attached hydrogens (tertiary/aromatic N) is 1. The number of hydrogen-bond acceptors (Lipinski definition) is 2. The van der Waals surface area contributed by atoms with Gasteiger partial charge >= 0.3 is 0 Å². The molecule has 1 unspecified atom stereocenters. The fourth-order valence-electron chi connectivity index (χ4n) is 4.35. The number of anilines is 1. The summed E-state index contributed by atoms with van der Waals surface area (Å²) in [5, 5.41) is 3.95. The zero-order valence-electron chi connectivity index (χ0n) is 18.9. The van der Waals surface area contributed by atoms with Crippen molar-refractivity contribution in [3.05, 3.63) is 93.8 Å². The number of para-hydroxylation sites is 1. The van der Waals surface area contributed by atoms with Crippen LogP contribution in [-0.4, -0.2) is 4.98 Å². The minimum Gasteiger partial charge on any atom is -0.372 e. The number of aryl methyl sites for hydroxylation is 3. The van der Waals surface area contributed by atoms with Crippen LogP contribution in [0.15, 0.2) is 54.7 Å². The van der Waals surface area contributed by atoms with Crippen molar-refractivity contribution < 1.29 is 0 Å². The third kappa shape index (κ3) is 4.53. The van der Waals surface area contributed by atoms with Gasteiger partial charge in [-0.25, -0.2) is 0 Å². The minimum absolute atomic E-state index is 0.00852. The van der Waals surface area contributed by atoms with Crippen molar-refractivity contribution in [2.75, 3.05) is 5.32 Å². The van der Waals surface area contributed by atoms with E-state index in [4.69, 9.17) is 4.98 Å². The number of aromatic nitrogens is 1. The molecular weight excluding hydrogens is 352 g/mol. The van der Waals surface area contributed by atoms with E-state index in [0.717, 1.165) is 5.69 Å². The fourth-order valence-corrected chi connectivity index (χ4v) is 4.35. The van der Waals surface area contributed by atoms with E-state index in [1.165, 1.54) is 39.1 Å². The molecule has 0 saturated heterocycles. The number of nitrogens with one attached hydrogen (secondary N) is 1. The molecule has 1 aromatic heterocycles. The van der Waals surface area contributed by atoms with Gasteiger partial charge in [0.1, 0.15) is 0 Å². The van der Waals surface area contributed by atoms with Crippen LogP contribution in [0.4, 0.5) is 5.69 Å². The van der Waals surface area contributed by atoms with Gasteiger partial charge in [0.25, 0.3) is 0 Å². The summed E-state index contributed by atoms with van der Waals surface area (Å²) in [5.74, 6) is 0.890. The van der Waals surface area contributed by atoms with E-state index >= 15 is 0 Å². The van der Waals surface area contributed by atoms with E-state index < -0.39 is 0 Å². The van der Waals surface area contributed by atoms with E-state index in [0.29, 0.717) is 11.8 Å². The maximum absolute atomic E-state index is 4.74. The molecule has 0 amide bonds. The summed E-state index contributed by atoms with van der Waals surface area (Å²) >= 11 is 0. The molecule has 0 radical (unpaired) electrons. The van der Waals surface area contributed by atoms with Gasteiger partial charge in [0.15, 0.2) is 0 Å². The molecule has 0 spiro atoms. The van der Waals surface area contributed by atoms with E-state index in [1.54, 1.807) is 0 Å². The van der Waals surface area contributed by atoms with Crippen molar-refractivity contribution in [1.82, 2.24) is 4.98 Å². The Bertz CT molecular complexity index is 922. The lowest BCUT2D eigenvalue weighted by molar-refractivity contribution is 0.809. The lowest BCUT2D eigenvalue weighted by Crippen LogP contribution is -2.19. The maximum atomic E-state index is 4.74. The monoisotopic (exact) mass is 386 g/mol. The highest BCUT2D eigenvalue weighted by Crippen LogP contribution is 2.38. The Hall–Kier alpha value is -2.61. The van der Waals surface area contributed by atoms with Crippen LogP contribution in [-0.2, 0) is 0 Å². The minimum atomic E-state index is 0.00852. The summed E-state index contributed by atoms with van der Waals surface area (Å²) in [5.41, 5.74) is 10.3. The molecular formula is C27H34N2. The summed E-state index contributed by atoms with van der Waals surface area (Å²) in [7, 11) is 0. The molecule has 3 aromatic rings. The molecule has 0 aliphatic heterocycles. The number of benzene rings is 2. The molecule has 0 bridgehead atoms. The third-order valence-electron chi connectivity index (χ3n) is 5.67. The fraction of sp³-hybridized carbons (Fsp3) is 0.370. The summed E-state index contributed by atoms with van der Waals surface area (Å²) in [6.07, 6.45) is 1.89. The Balaban J connectivity index is 2.21. The predicted octanol–water partition coefficient (Wildman–Crippen LogP) is 7.46. The molecule has 3 rings (SSSR count). The molecule has 1 N–H and O–H groups in total. The van der Waals surface area contributed by atoms with Gasteiger partial charge in [-0.15, -0.1) is 0 Å². The van der Waals surface area contributed by atoms with Crippen molar-refractivity contribution in [1.29, 1.82) is 0 Å². The average Bonchev–Trinajstić information content (AvgIpc) is 2.66. The largest absolute Gasteiger partial charge is 0.372 e. The Morgan fingerprint density at radius 1 is 0.759 bits per heavy atom. The Kier molecular flexibility index (Phi) is 6.42. The SMILES string of the molecule is Cc1cc(C)c(C(Nc2c(C(C)C)cccc2C(C)C)c2ccccn2)c(C)c1. The summed E-state index contributed by atoms with van der Waals surface area (Å²) in [4.78, 5) is 4.74. The smallest absolute Gasteiger partial charge is 0.0945 e. The molecule has 29 heavy (non-hydrogen) atoms. The molecule has 2 heteroatoms. The lowest BCUT2D eigenvalue weighted by Gasteiger charge is -2.28. The average molecular weight is 387 g/mol. The second kappa shape index (κ2) is 8.82. The van der Waals surface area contributed by atoms with Crippen LogP contribution < -0.4 is 5.32 Å². The quantitative estimate of drug-likeness (QED) is 0.475. The standard InChI is InChI=1S/C27H34N2/c1-17(2)22-11-10-12-23(18(3)4)26(22)29-27(24-13-8-9-14-28-24)25-20(6)15-19(5)16-21(25)7/h8-18,27,29H,1-7H3. The van der Waals surface area contributed by atoms with Gasteiger partial charge in [0.05, 0.1) is 11.7 Å². The molecule has 0 aliphatic carbocycles. The first kappa shape index (κ1) is 21.1. The van der Waals surface area contributed by atoms with E-state index in [2.05, 4.69) is 96.2 Å². The predicted molar refractivity (Wildman–Crippen MR) is 125 cm³/mol. The van der Waals surface area contributed by atoms with Crippen LogP contribution in [0.1, 0.15) is 84.6 Å².